The number of hydrogen-bond donors (Lipinski definition) is 2. The molecule has 8 heteroatoms. The summed E-state index contributed by atoms with van der Waals surface area (Å²) in [6, 6.07) is 24.3. The van der Waals surface area contributed by atoms with Gasteiger partial charge in [0.15, 0.2) is 0 Å². The van der Waals surface area contributed by atoms with Crippen LogP contribution in [0.5, 0.6) is 11.5 Å². The SMILES string of the molecule is CCOc1cc(NS(=O)(=O)c2ccc3ccccc3c2)c(OCC)cc1NC(=O)c1ccccc1. The van der Waals surface area contributed by atoms with Gasteiger partial charge in [-0.3, -0.25) is 9.52 Å². The second-order valence-electron chi connectivity index (χ2n) is 7.65. The number of amides is 1. The van der Waals surface area contributed by atoms with Gasteiger partial charge in [0.05, 0.1) is 29.5 Å². The lowest BCUT2D eigenvalue weighted by atomic mass is 10.1. The van der Waals surface area contributed by atoms with Crippen LogP contribution in [0.15, 0.2) is 89.8 Å². The summed E-state index contributed by atoms with van der Waals surface area (Å²) in [5.41, 5.74) is 1.06. The number of carbonyl (C=O) groups excluding carboxylic acids is 1. The highest BCUT2D eigenvalue weighted by atomic mass is 32.2. The number of rotatable bonds is 9. The van der Waals surface area contributed by atoms with Gasteiger partial charge in [-0.15, -0.1) is 0 Å². The number of benzene rings is 4. The van der Waals surface area contributed by atoms with Crippen LogP contribution < -0.4 is 19.5 Å². The Labute approximate surface area is 204 Å². The van der Waals surface area contributed by atoms with Crippen molar-refractivity contribution in [2.75, 3.05) is 23.3 Å². The number of hydrogen-bond acceptors (Lipinski definition) is 5. The summed E-state index contributed by atoms with van der Waals surface area (Å²) in [7, 11) is -3.93. The van der Waals surface area contributed by atoms with E-state index in [1.54, 1.807) is 62.4 Å². The zero-order chi connectivity index (χ0) is 24.8. The Morgan fingerprint density at radius 1 is 0.743 bits per heavy atom. The third-order valence-electron chi connectivity index (χ3n) is 5.24. The lowest BCUT2D eigenvalue weighted by Crippen LogP contribution is -2.16. The number of fused-ring (bicyclic) bond motifs is 1. The highest BCUT2D eigenvalue weighted by Crippen LogP contribution is 2.38. The van der Waals surface area contributed by atoms with Crippen LogP contribution in [0.4, 0.5) is 11.4 Å². The van der Waals surface area contributed by atoms with Gasteiger partial charge in [0.25, 0.3) is 15.9 Å². The third-order valence-corrected chi connectivity index (χ3v) is 6.60. The molecular formula is C27H26N2O5S. The molecule has 7 nitrogen and oxygen atoms in total. The van der Waals surface area contributed by atoms with Crippen molar-refractivity contribution in [1.29, 1.82) is 0 Å². The van der Waals surface area contributed by atoms with Gasteiger partial charge in [-0.2, -0.15) is 0 Å². The van der Waals surface area contributed by atoms with Crippen molar-refractivity contribution in [3.05, 3.63) is 90.5 Å². The molecule has 0 saturated carbocycles. The maximum Gasteiger partial charge on any atom is 0.262 e. The molecule has 0 bridgehead atoms. The Morgan fingerprint density at radius 2 is 1.34 bits per heavy atom. The van der Waals surface area contributed by atoms with Gasteiger partial charge in [0.2, 0.25) is 0 Å². The molecule has 0 aliphatic carbocycles. The fourth-order valence-corrected chi connectivity index (χ4v) is 4.71. The molecule has 1 amide bonds. The van der Waals surface area contributed by atoms with E-state index >= 15 is 0 Å². The minimum atomic E-state index is -3.93. The topological polar surface area (TPSA) is 93.7 Å². The minimum absolute atomic E-state index is 0.123. The standard InChI is InChI=1S/C27H26N2O5S/c1-3-33-25-18-24(29-35(31,32)22-15-14-19-10-8-9-13-21(19)16-22)26(34-4-2)17-23(25)28-27(30)20-11-6-5-7-12-20/h5-18,29H,3-4H2,1-2H3,(H,28,30). The summed E-state index contributed by atoms with van der Waals surface area (Å²) in [4.78, 5) is 12.8. The van der Waals surface area contributed by atoms with E-state index in [0.29, 0.717) is 30.2 Å². The number of nitrogens with one attached hydrogen (secondary N) is 2. The molecule has 0 spiro atoms. The quantitative estimate of drug-likeness (QED) is 0.314. The highest BCUT2D eigenvalue weighted by molar-refractivity contribution is 7.92. The summed E-state index contributed by atoms with van der Waals surface area (Å²) < 4.78 is 40.5. The van der Waals surface area contributed by atoms with Crippen LogP contribution in [0.25, 0.3) is 10.8 Å². The molecule has 0 aliphatic rings. The fourth-order valence-electron chi connectivity index (χ4n) is 3.61. The monoisotopic (exact) mass is 490 g/mol. The van der Waals surface area contributed by atoms with E-state index in [1.165, 1.54) is 6.07 Å². The number of ether oxygens (including phenoxy) is 2. The largest absolute Gasteiger partial charge is 0.492 e. The highest BCUT2D eigenvalue weighted by Gasteiger charge is 2.21. The first kappa shape index (κ1) is 24.1. The Bertz CT molecular complexity index is 1450. The smallest absolute Gasteiger partial charge is 0.262 e. The third kappa shape index (κ3) is 5.55. The summed E-state index contributed by atoms with van der Waals surface area (Å²) in [6.07, 6.45) is 0. The fraction of sp³-hybridized carbons (Fsp3) is 0.148. The average Bonchev–Trinajstić information content (AvgIpc) is 2.86. The zero-order valence-electron chi connectivity index (χ0n) is 19.4. The second kappa shape index (κ2) is 10.5. The normalized spacial score (nSPS) is 11.1. The van der Waals surface area contributed by atoms with Gasteiger partial charge in [0.1, 0.15) is 11.5 Å². The predicted octanol–water partition coefficient (Wildman–Crippen LogP) is 5.69. The first-order valence-corrected chi connectivity index (χ1v) is 12.7. The molecule has 2 N–H and O–H groups in total. The van der Waals surface area contributed by atoms with Crippen molar-refractivity contribution in [2.24, 2.45) is 0 Å². The van der Waals surface area contributed by atoms with E-state index in [1.807, 2.05) is 30.3 Å². The van der Waals surface area contributed by atoms with Crippen molar-refractivity contribution < 1.29 is 22.7 Å². The summed E-state index contributed by atoms with van der Waals surface area (Å²) in [6.45, 7) is 4.21. The average molecular weight is 491 g/mol. The van der Waals surface area contributed by atoms with E-state index in [4.69, 9.17) is 9.47 Å². The Morgan fingerprint density at radius 3 is 2.03 bits per heavy atom. The van der Waals surface area contributed by atoms with E-state index in [-0.39, 0.29) is 22.2 Å². The Kier molecular flexibility index (Phi) is 7.22. The van der Waals surface area contributed by atoms with Crippen molar-refractivity contribution in [1.82, 2.24) is 0 Å². The molecule has 0 saturated heterocycles. The van der Waals surface area contributed by atoms with Gasteiger partial charge < -0.3 is 14.8 Å². The van der Waals surface area contributed by atoms with E-state index in [9.17, 15) is 13.2 Å². The van der Waals surface area contributed by atoms with Crippen LogP contribution in [-0.2, 0) is 10.0 Å². The van der Waals surface area contributed by atoms with Crippen molar-refractivity contribution in [3.8, 4) is 11.5 Å². The Balaban J connectivity index is 1.70. The molecule has 0 aromatic heterocycles. The van der Waals surface area contributed by atoms with E-state index in [0.717, 1.165) is 10.8 Å². The Hall–Kier alpha value is -4.04. The number of sulfonamides is 1. The van der Waals surface area contributed by atoms with E-state index in [2.05, 4.69) is 10.0 Å². The molecule has 0 heterocycles. The molecule has 0 unspecified atom stereocenters. The molecule has 35 heavy (non-hydrogen) atoms. The lowest BCUT2D eigenvalue weighted by Gasteiger charge is -2.18. The molecule has 180 valence electrons. The van der Waals surface area contributed by atoms with Gasteiger partial charge >= 0.3 is 0 Å². The van der Waals surface area contributed by atoms with Crippen LogP contribution in [0.3, 0.4) is 0 Å². The maximum absolute atomic E-state index is 13.2. The second-order valence-corrected chi connectivity index (χ2v) is 9.33. The van der Waals surface area contributed by atoms with Crippen LogP contribution >= 0.6 is 0 Å². The van der Waals surface area contributed by atoms with E-state index < -0.39 is 10.0 Å². The zero-order valence-corrected chi connectivity index (χ0v) is 20.3. The van der Waals surface area contributed by atoms with Crippen molar-refractivity contribution in [3.63, 3.8) is 0 Å². The van der Waals surface area contributed by atoms with Gasteiger partial charge in [-0.25, -0.2) is 8.42 Å². The molecule has 0 atom stereocenters. The van der Waals surface area contributed by atoms with Gasteiger partial charge in [-0.1, -0.05) is 48.5 Å². The molecule has 0 fully saturated rings. The number of carbonyl (C=O) groups is 1. The van der Waals surface area contributed by atoms with Crippen molar-refractivity contribution >= 4 is 38.1 Å². The molecule has 4 aromatic carbocycles. The maximum atomic E-state index is 13.2. The van der Waals surface area contributed by atoms with Crippen molar-refractivity contribution in [2.45, 2.75) is 18.7 Å². The van der Waals surface area contributed by atoms with Gasteiger partial charge in [0, 0.05) is 17.7 Å². The number of anilines is 2. The molecule has 4 rings (SSSR count). The minimum Gasteiger partial charge on any atom is -0.492 e. The molecule has 0 radical (unpaired) electrons. The van der Waals surface area contributed by atoms with Crippen LogP contribution in [0.1, 0.15) is 24.2 Å². The van der Waals surface area contributed by atoms with Crippen LogP contribution in [-0.4, -0.2) is 27.5 Å². The molecule has 4 aromatic rings. The predicted molar refractivity (Wildman–Crippen MR) is 138 cm³/mol. The molecular weight excluding hydrogens is 464 g/mol. The summed E-state index contributed by atoms with van der Waals surface area (Å²) in [5, 5.41) is 4.59. The summed E-state index contributed by atoms with van der Waals surface area (Å²) >= 11 is 0. The van der Waals surface area contributed by atoms with Gasteiger partial charge in [-0.05, 0) is 48.9 Å². The summed E-state index contributed by atoms with van der Waals surface area (Å²) in [5.74, 6) is 0.263. The molecule has 0 aliphatic heterocycles. The lowest BCUT2D eigenvalue weighted by molar-refractivity contribution is 0.102. The first-order valence-electron chi connectivity index (χ1n) is 11.2. The van der Waals surface area contributed by atoms with Crippen LogP contribution in [0.2, 0.25) is 0 Å². The van der Waals surface area contributed by atoms with Crippen LogP contribution in [0, 0.1) is 0 Å². The first-order chi connectivity index (χ1) is 16.9.